The molecule has 0 spiro atoms. The van der Waals surface area contributed by atoms with Crippen molar-refractivity contribution in [3.63, 3.8) is 0 Å². The zero-order valence-corrected chi connectivity index (χ0v) is 33.9. The lowest BCUT2D eigenvalue weighted by Gasteiger charge is -2.27. The molecule has 0 N–H and O–H groups in total. The van der Waals surface area contributed by atoms with Gasteiger partial charge >= 0.3 is 0 Å². The molecule has 2 heteroatoms. The van der Waals surface area contributed by atoms with Crippen LogP contribution < -0.4 is 4.90 Å². The van der Waals surface area contributed by atoms with Crippen molar-refractivity contribution in [2.45, 2.75) is 0 Å². The van der Waals surface area contributed by atoms with Crippen LogP contribution in [0.2, 0.25) is 0 Å². The Balaban J connectivity index is 1.04. The maximum atomic E-state index is 6.90. The molecule has 0 unspecified atom stereocenters. The molecule has 0 saturated carbocycles. The number of nitrogens with zero attached hydrogens (tertiary/aromatic N) is 1. The van der Waals surface area contributed by atoms with Crippen LogP contribution in [0.5, 0.6) is 0 Å². The Kier molecular flexibility index (Phi) is 8.53. The number of benzene rings is 11. The molecule has 290 valence electrons. The SMILES string of the molecule is c1ccc(-c2cccc(-c3ccc(N(c4ccc(-c5cc6ccccc6c6ccccc56)cc4)c4ccc(-c5cccc6ccccc56)c5oc6ccccc6c45)cc3)c2)cc1. The first-order valence-electron chi connectivity index (χ1n) is 21.2. The molecule has 11 aromatic carbocycles. The number of furan rings is 1. The van der Waals surface area contributed by atoms with Crippen molar-refractivity contribution in [2.75, 3.05) is 4.90 Å². The molecule has 0 aliphatic carbocycles. The Bertz CT molecular complexity index is 3610. The van der Waals surface area contributed by atoms with E-state index in [2.05, 4.69) is 241 Å². The second-order valence-corrected chi connectivity index (χ2v) is 16.0. The van der Waals surface area contributed by atoms with Gasteiger partial charge in [0, 0.05) is 22.3 Å². The summed E-state index contributed by atoms with van der Waals surface area (Å²) in [6.45, 7) is 0. The minimum absolute atomic E-state index is 0.864. The highest BCUT2D eigenvalue weighted by atomic mass is 16.3. The zero-order chi connectivity index (χ0) is 41.0. The average Bonchev–Trinajstić information content (AvgIpc) is 3.75. The maximum absolute atomic E-state index is 6.90. The fraction of sp³-hybridized carbons (Fsp3) is 0. The number of hydrogen-bond acceptors (Lipinski definition) is 2. The lowest BCUT2D eigenvalue weighted by Crippen LogP contribution is -2.10. The van der Waals surface area contributed by atoms with Gasteiger partial charge in [0.05, 0.1) is 11.1 Å². The Labute approximate surface area is 360 Å². The summed E-state index contributed by atoms with van der Waals surface area (Å²) in [6.07, 6.45) is 0. The minimum Gasteiger partial charge on any atom is -0.455 e. The van der Waals surface area contributed by atoms with E-state index >= 15 is 0 Å². The molecule has 1 heterocycles. The predicted molar refractivity (Wildman–Crippen MR) is 263 cm³/mol. The summed E-state index contributed by atoms with van der Waals surface area (Å²) in [7, 11) is 0. The fourth-order valence-electron chi connectivity index (χ4n) is 9.49. The van der Waals surface area contributed by atoms with E-state index in [1.165, 1.54) is 60.1 Å². The third-order valence-electron chi connectivity index (χ3n) is 12.5. The summed E-state index contributed by atoms with van der Waals surface area (Å²) in [5.74, 6) is 0. The molecule has 0 amide bonds. The third-order valence-corrected chi connectivity index (χ3v) is 12.5. The third kappa shape index (κ3) is 6.04. The highest BCUT2D eigenvalue weighted by molar-refractivity contribution is 6.19. The number of rotatable bonds is 7. The van der Waals surface area contributed by atoms with Crippen LogP contribution in [0.4, 0.5) is 17.1 Å². The van der Waals surface area contributed by atoms with E-state index in [1.54, 1.807) is 0 Å². The molecule has 12 rings (SSSR count). The Morgan fingerprint density at radius 2 is 0.839 bits per heavy atom. The van der Waals surface area contributed by atoms with Gasteiger partial charge in [-0.25, -0.2) is 0 Å². The van der Waals surface area contributed by atoms with Crippen molar-refractivity contribution in [2.24, 2.45) is 0 Å². The van der Waals surface area contributed by atoms with Crippen molar-refractivity contribution < 1.29 is 4.42 Å². The molecule has 0 saturated heterocycles. The van der Waals surface area contributed by atoms with Gasteiger partial charge in [-0.15, -0.1) is 0 Å². The molecule has 0 fully saturated rings. The van der Waals surface area contributed by atoms with E-state index in [-0.39, 0.29) is 0 Å². The molecule has 0 radical (unpaired) electrons. The summed E-state index contributed by atoms with van der Waals surface area (Å²) in [6, 6.07) is 85.3. The van der Waals surface area contributed by atoms with Gasteiger partial charge in [-0.1, -0.05) is 182 Å². The summed E-state index contributed by atoms with van der Waals surface area (Å²) in [5.41, 5.74) is 14.3. The summed E-state index contributed by atoms with van der Waals surface area (Å²) in [4.78, 5) is 2.39. The lowest BCUT2D eigenvalue weighted by atomic mass is 9.93. The second-order valence-electron chi connectivity index (χ2n) is 16.0. The highest BCUT2D eigenvalue weighted by Gasteiger charge is 2.23. The van der Waals surface area contributed by atoms with Gasteiger partial charge in [-0.2, -0.15) is 0 Å². The molecule has 0 atom stereocenters. The van der Waals surface area contributed by atoms with Crippen LogP contribution in [-0.2, 0) is 0 Å². The predicted octanol–water partition coefficient (Wildman–Crippen LogP) is 17.2. The number of anilines is 3. The van der Waals surface area contributed by atoms with Crippen molar-refractivity contribution in [3.05, 3.63) is 237 Å². The lowest BCUT2D eigenvalue weighted by molar-refractivity contribution is 0.670. The van der Waals surface area contributed by atoms with Gasteiger partial charge in [0.15, 0.2) is 0 Å². The van der Waals surface area contributed by atoms with Crippen LogP contribution in [0, 0.1) is 0 Å². The Hall–Kier alpha value is -8.20. The van der Waals surface area contributed by atoms with Crippen LogP contribution in [0.15, 0.2) is 241 Å². The quantitative estimate of drug-likeness (QED) is 0.150. The maximum Gasteiger partial charge on any atom is 0.145 e. The van der Waals surface area contributed by atoms with E-state index in [1.807, 2.05) is 0 Å². The van der Waals surface area contributed by atoms with Gasteiger partial charge in [-0.3, -0.25) is 0 Å². The van der Waals surface area contributed by atoms with E-state index in [0.29, 0.717) is 0 Å². The molecule has 0 aliphatic heterocycles. The summed E-state index contributed by atoms with van der Waals surface area (Å²) in [5, 5.41) is 9.58. The van der Waals surface area contributed by atoms with Gasteiger partial charge in [-0.05, 0) is 126 Å². The van der Waals surface area contributed by atoms with Gasteiger partial charge in [0.2, 0.25) is 0 Å². The van der Waals surface area contributed by atoms with E-state index in [0.717, 1.165) is 55.7 Å². The smallest absolute Gasteiger partial charge is 0.145 e. The molecular weight excluding hydrogens is 751 g/mol. The normalized spacial score (nSPS) is 11.5. The average molecular weight is 790 g/mol. The topological polar surface area (TPSA) is 16.4 Å². The molecule has 62 heavy (non-hydrogen) atoms. The first-order chi connectivity index (χ1) is 30.7. The monoisotopic (exact) mass is 789 g/mol. The fourth-order valence-corrected chi connectivity index (χ4v) is 9.49. The molecule has 12 aromatic rings. The second kappa shape index (κ2) is 14.8. The van der Waals surface area contributed by atoms with Crippen LogP contribution >= 0.6 is 0 Å². The van der Waals surface area contributed by atoms with Gasteiger partial charge in [0.25, 0.3) is 0 Å². The van der Waals surface area contributed by atoms with E-state index in [9.17, 15) is 0 Å². The van der Waals surface area contributed by atoms with Crippen molar-refractivity contribution >= 4 is 71.3 Å². The van der Waals surface area contributed by atoms with E-state index < -0.39 is 0 Å². The molecule has 0 bridgehead atoms. The zero-order valence-electron chi connectivity index (χ0n) is 33.9. The summed E-state index contributed by atoms with van der Waals surface area (Å²) < 4.78 is 6.90. The van der Waals surface area contributed by atoms with Crippen molar-refractivity contribution in [3.8, 4) is 44.5 Å². The van der Waals surface area contributed by atoms with Crippen molar-refractivity contribution in [1.29, 1.82) is 0 Å². The largest absolute Gasteiger partial charge is 0.455 e. The number of fused-ring (bicyclic) bond motifs is 7. The van der Waals surface area contributed by atoms with Gasteiger partial charge in [0.1, 0.15) is 11.2 Å². The van der Waals surface area contributed by atoms with Crippen LogP contribution in [0.3, 0.4) is 0 Å². The highest BCUT2D eigenvalue weighted by Crippen LogP contribution is 2.48. The molecular formula is C60H39NO. The van der Waals surface area contributed by atoms with Gasteiger partial charge < -0.3 is 9.32 Å². The Morgan fingerprint density at radius 3 is 1.60 bits per heavy atom. The molecule has 0 aliphatic rings. The van der Waals surface area contributed by atoms with E-state index in [4.69, 9.17) is 4.42 Å². The first kappa shape index (κ1) is 35.7. The summed E-state index contributed by atoms with van der Waals surface area (Å²) >= 11 is 0. The first-order valence-corrected chi connectivity index (χ1v) is 21.2. The van der Waals surface area contributed by atoms with Crippen LogP contribution in [0.1, 0.15) is 0 Å². The minimum atomic E-state index is 0.864. The Morgan fingerprint density at radius 1 is 0.290 bits per heavy atom. The number of hydrogen-bond donors (Lipinski definition) is 0. The molecule has 1 aromatic heterocycles. The van der Waals surface area contributed by atoms with Crippen LogP contribution in [0.25, 0.3) is 98.8 Å². The standard InChI is InChI=1S/C60H39NO/c1-2-14-40(15-3-1)44-19-12-20-45(38-44)41-28-32-47(33-29-41)61(48-34-30-43(31-35-48)56-39-46-17-5-7-22-50(46)51-23-8-9-24-53(51)56)57-37-36-54(52-26-13-18-42-16-4-6-21-49(42)52)60-59(57)55-25-10-11-27-58(55)62-60/h1-39H. The number of para-hydroxylation sites is 1. The van der Waals surface area contributed by atoms with Crippen molar-refractivity contribution in [1.82, 2.24) is 0 Å². The van der Waals surface area contributed by atoms with Crippen LogP contribution in [-0.4, -0.2) is 0 Å². The molecule has 2 nitrogen and oxygen atoms in total.